The zero-order valence-corrected chi connectivity index (χ0v) is 72.3. The molecule has 4 heterocycles. The summed E-state index contributed by atoms with van der Waals surface area (Å²) in [7, 11) is -14.7. The fraction of sp³-hybridized carbons (Fsp3) is 0.357. The molecule has 0 fully saturated rings. The van der Waals surface area contributed by atoms with Gasteiger partial charge in [0.25, 0.3) is 0 Å². The maximum atomic E-state index is 14.4. The van der Waals surface area contributed by atoms with Crippen molar-refractivity contribution in [2.75, 3.05) is 43.9 Å². The molecule has 8 unspecified atom stereocenters. The lowest BCUT2D eigenvalue weighted by Gasteiger charge is -2.38. The zero-order chi connectivity index (χ0) is 92.0. The van der Waals surface area contributed by atoms with Crippen LogP contribution in [-0.4, -0.2) is 143 Å². The highest BCUT2D eigenvalue weighted by molar-refractivity contribution is 7.92. The predicted molar refractivity (Wildman–Crippen MR) is 452 cm³/mol. The molecule has 12 rings (SSSR count). The molecule has 0 radical (unpaired) electrons. The summed E-state index contributed by atoms with van der Waals surface area (Å²) in [5.74, 6) is -2.75. The first-order chi connectivity index (χ1) is 58.0. The third-order valence-corrected chi connectivity index (χ3v) is 24.0. The Kier molecular flexibility index (Phi) is 29.3. The minimum absolute atomic E-state index is 0.0304. The van der Waals surface area contributed by atoms with Crippen molar-refractivity contribution in [3.05, 3.63) is 238 Å². The second-order valence-electron chi connectivity index (χ2n) is 29.6. The summed E-state index contributed by atoms with van der Waals surface area (Å²) in [6.07, 6.45) is -0.976. The lowest BCUT2D eigenvalue weighted by atomic mass is 9.80. The molecular weight excluding hydrogens is 1720 g/mol. The molecule has 40 heteroatoms. The fourth-order valence-corrected chi connectivity index (χ4v) is 18.1. The largest absolute Gasteiger partial charge is 0.416 e. The van der Waals surface area contributed by atoms with Gasteiger partial charge in [-0.2, -0.15) is 57.3 Å². The van der Waals surface area contributed by atoms with E-state index in [4.69, 9.17) is 10.5 Å². The molecule has 124 heavy (non-hydrogen) atoms. The van der Waals surface area contributed by atoms with Crippen LogP contribution in [0.25, 0.3) is 43.6 Å². The molecule has 12 aromatic rings. The summed E-state index contributed by atoms with van der Waals surface area (Å²) >= 11 is 0. The summed E-state index contributed by atoms with van der Waals surface area (Å²) in [4.78, 5) is 0. The maximum absolute atomic E-state index is 14.4. The quantitative estimate of drug-likeness (QED) is 0.0211. The number of fused-ring (bicyclic) bond motifs is 4. The first-order valence-corrected chi connectivity index (χ1v) is 46.3. The molecule has 0 aliphatic heterocycles. The van der Waals surface area contributed by atoms with Crippen LogP contribution in [0.1, 0.15) is 151 Å². The molecule has 0 amide bonds. The summed E-state index contributed by atoms with van der Waals surface area (Å²) in [6, 6.07) is 35.6. The molecule has 4 aromatic heterocycles. The van der Waals surface area contributed by atoms with Gasteiger partial charge in [0.15, 0.2) is 0 Å². The molecule has 0 spiro atoms. The number of alkyl halides is 6. The Morgan fingerprint density at radius 2 is 0.508 bits per heavy atom. The van der Waals surface area contributed by atoms with E-state index in [9.17, 15) is 98.0 Å². The summed E-state index contributed by atoms with van der Waals surface area (Å²) < 4.78 is 245. The molecule has 8 atom stereocenters. The topological polar surface area (TPSA) is 384 Å². The van der Waals surface area contributed by atoms with Gasteiger partial charge in [-0.15, -0.1) is 0 Å². The number of sulfonamides is 4. The molecule has 0 aliphatic rings. The molecule has 0 bridgehead atoms. The van der Waals surface area contributed by atoms with E-state index in [2.05, 4.69) is 51.4 Å². The molecule has 664 valence electrons. The van der Waals surface area contributed by atoms with Crippen LogP contribution in [0.3, 0.4) is 0 Å². The third-order valence-electron chi connectivity index (χ3n) is 21.7. The number of aromatic nitrogens is 8. The Balaban J connectivity index is 0.000000187. The first kappa shape index (κ1) is 96.6. The zero-order valence-electron chi connectivity index (χ0n) is 69.1. The molecule has 0 saturated heterocycles. The maximum Gasteiger partial charge on any atom is 0.416 e. The monoisotopic (exact) mass is 1810 g/mol. The van der Waals surface area contributed by atoms with Gasteiger partial charge >= 0.3 is 12.4 Å². The number of nitriles is 2. The average molecular weight is 1810 g/mol. The van der Waals surface area contributed by atoms with Gasteiger partial charge in [0, 0.05) is 21.5 Å². The Labute approximate surface area is 710 Å². The van der Waals surface area contributed by atoms with E-state index in [-0.39, 0.29) is 70.2 Å². The van der Waals surface area contributed by atoms with Crippen molar-refractivity contribution >= 4 is 106 Å². The van der Waals surface area contributed by atoms with Crippen molar-refractivity contribution in [3.63, 3.8) is 0 Å². The third kappa shape index (κ3) is 20.2. The van der Waals surface area contributed by atoms with Crippen molar-refractivity contribution in [3.8, 4) is 12.1 Å². The van der Waals surface area contributed by atoms with Gasteiger partial charge in [-0.05, 0) is 171 Å². The summed E-state index contributed by atoms with van der Waals surface area (Å²) in [5, 5.41) is 81.3. The number of nitrogens with one attached hydrogen (secondary N) is 4. The van der Waals surface area contributed by atoms with E-state index in [1.165, 1.54) is 70.5 Å². The number of aliphatic hydroxyl groups excluding tert-OH is 4. The molecule has 8 aromatic carbocycles. The fourth-order valence-electron chi connectivity index (χ4n) is 15.9. The van der Waals surface area contributed by atoms with Gasteiger partial charge in [0.2, 0.25) is 40.1 Å². The van der Waals surface area contributed by atoms with Crippen LogP contribution < -0.4 is 18.9 Å². The van der Waals surface area contributed by atoms with Gasteiger partial charge in [-0.25, -0.2) is 51.2 Å². The normalized spacial score (nSPS) is 15.2. The number of anilines is 4. The lowest BCUT2D eigenvalue weighted by Crippen LogP contribution is -2.46. The minimum Gasteiger partial charge on any atom is -0.390 e. The van der Waals surface area contributed by atoms with E-state index in [0.29, 0.717) is 80.9 Å². The van der Waals surface area contributed by atoms with Crippen LogP contribution in [0.4, 0.5) is 66.7 Å². The number of aliphatic hydroxyl groups is 4. The molecule has 0 saturated carbocycles. The van der Waals surface area contributed by atoms with Gasteiger partial charge in [-0.1, -0.05) is 104 Å². The van der Waals surface area contributed by atoms with E-state index in [0.717, 1.165) is 85.7 Å². The van der Waals surface area contributed by atoms with Crippen LogP contribution in [-0.2, 0) is 74.6 Å². The number of hydrogen-bond acceptors (Lipinski definition) is 18. The summed E-state index contributed by atoms with van der Waals surface area (Å²) in [5.41, 5.74) is -2.15. The van der Waals surface area contributed by atoms with E-state index >= 15 is 0 Å². The first-order valence-electron chi connectivity index (χ1n) is 38.7. The van der Waals surface area contributed by atoms with Gasteiger partial charge in [0.1, 0.15) is 45.4 Å². The molecule has 26 nitrogen and oxygen atoms in total. The van der Waals surface area contributed by atoms with Crippen LogP contribution >= 0.6 is 0 Å². The number of nitrogens with zero attached hydrogens (tertiary/aromatic N) is 10. The van der Waals surface area contributed by atoms with Gasteiger partial charge in [-0.3, -0.25) is 37.6 Å². The molecule has 0 aliphatic carbocycles. The van der Waals surface area contributed by atoms with Crippen LogP contribution in [0.2, 0.25) is 0 Å². The second kappa shape index (κ2) is 37.7. The number of benzene rings is 8. The van der Waals surface area contributed by atoms with E-state index in [1.54, 1.807) is 85.6 Å². The average Bonchev–Trinajstić information content (AvgIpc) is 1.55. The van der Waals surface area contributed by atoms with Crippen molar-refractivity contribution in [1.82, 2.24) is 39.1 Å². The molecular formula is C84H92F10N14O12S4. The highest BCUT2D eigenvalue weighted by Crippen LogP contribution is 2.46. The second-order valence-corrected chi connectivity index (χ2v) is 36.6. The highest BCUT2D eigenvalue weighted by atomic mass is 32.2. The van der Waals surface area contributed by atoms with Crippen molar-refractivity contribution in [2.45, 2.75) is 166 Å². The van der Waals surface area contributed by atoms with Crippen molar-refractivity contribution in [1.29, 1.82) is 10.5 Å². The Bertz CT molecular complexity index is 6040. The number of rotatable bonds is 28. The standard InChI is InChI=1S/2C21H23F4N3O3S.2C21H23FN4O3S/c2*1-4-19(29)20(5-2,13-6-8-14(9-7-13)21(23,24)25)28-18-11-15(22)10-17(16(18)12-26-28)27-32(3,30)31;2*1-4-20(27)21(5-2,15-8-6-14(12-23)7-9-15)26-19-11-16(22)10-18(17(19)13-24-26)25-30(3,28)29/h2*6-12,19,27,29H,4-5H2,1-3H3;2*6-11,13,20,25,27H,4-5H2,1-3H3. The smallest absolute Gasteiger partial charge is 0.390 e. The molecule has 8 N–H and O–H groups in total. The minimum atomic E-state index is -4.52. The summed E-state index contributed by atoms with van der Waals surface area (Å²) in [6.45, 7) is 14.3. The van der Waals surface area contributed by atoms with Gasteiger partial charge < -0.3 is 20.4 Å². The van der Waals surface area contributed by atoms with E-state index < -0.39 is 133 Å². The SMILES string of the molecule is CCC(O)C(CC)(c1ccc(C#N)cc1)n1ncc2c(NS(C)(=O)=O)cc(F)cc21.CCC(O)C(CC)(c1ccc(C#N)cc1)n1ncc2c(NS(C)(=O)=O)cc(F)cc21.CCC(O)C(CC)(c1ccc(C(F)(F)F)cc1)n1ncc2c(NS(C)(=O)=O)cc(F)cc21.CCC(O)C(CC)(c1ccc(C(F)(F)F)cc1)n1ncc2c(NS(C)(=O)=O)cc(F)cc21. The predicted octanol–water partition coefficient (Wildman–Crippen LogP) is 15.7. The van der Waals surface area contributed by atoms with Crippen LogP contribution in [0.15, 0.2) is 170 Å². The Morgan fingerprint density at radius 1 is 0.331 bits per heavy atom. The Morgan fingerprint density at radius 3 is 0.661 bits per heavy atom. The Hall–Kier alpha value is -11.2. The van der Waals surface area contributed by atoms with Crippen LogP contribution in [0, 0.1) is 45.9 Å². The number of hydrogen-bond donors (Lipinski definition) is 8. The van der Waals surface area contributed by atoms with Crippen molar-refractivity contribution < 1.29 is 98.0 Å². The lowest BCUT2D eigenvalue weighted by molar-refractivity contribution is -0.138. The van der Waals surface area contributed by atoms with Gasteiger partial charge in [0.05, 0.1) is 153 Å². The number of halogens is 10. The van der Waals surface area contributed by atoms with Crippen LogP contribution in [0.5, 0.6) is 0 Å². The van der Waals surface area contributed by atoms with Crippen molar-refractivity contribution in [2.24, 2.45) is 0 Å². The highest BCUT2D eigenvalue weighted by Gasteiger charge is 2.47. The van der Waals surface area contributed by atoms with E-state index in [1.807, 2.05) is 27.7 Å².